The monoisotopic (exact) mass is 309 g/mol. The summed E-state index contributed by atoms with van der Waals surface area (Å²) in [5.74, 6) is 3.24. The summed E-state index contributed by atoms with van der Waals surface area (Å²) in [6.45, 7) is 11.7. The molecular weight excluding hydrogens is 282 g/mol. The largest absolute Gasteiger partial charge is 0.369 e. The van der Waals surface area contributed by atoms with Crippen LogP contribution in [-0.2, 0) is 5.41 Å². The number of hydrogen-bond acceptors (Lipinski definition) is 3. The normalized spacial score (nSPS) is 23.1. The van der Waals surface area contributed by atoms with E-state index < -0.39 is 0 Å². The van der Waals surface area contributed by atoms with Crippen LogP contribution in [0.4, 0.5) is 5.82 Å². The van der Waals surface area contributed by atoms with Crippen LogP contribution in [0.5, 0.6) is 0 Å². The Morgan fingerprint density at radius 2 is 1.86 bits per heavy atom. The van der Waals surface area contributed by atoms with Crippen LogP contribution < -0.4 is 5.32 Å². The quantitative estimate of drug-likeness (QED) is 0.801. The molecule has 2 rings (SSSR count). The molecule has 0 aromatic carbocycles. The van der Waals surface area contributed by atoms with Crippen LogP contribution in [0, 0.1) is 18.8 Å². The van der Waals surface area contributed by atoms with E-state index in [-0.39, 0.29) is 5.41 Å². The van der Waals surface area contributed by atoms with Crippen LogP contribution in [0.15, 0.2) is 0 Å². The lowest BCUT2D eigenvalue weighted by atomic mass is 9.80. The van der Waals surface area contributed by atoms with Gasteiger partial charge in [0.25, 0.3) is 0 Å². The van der Waals surface area contributed by atoms with E-state index in [2.05, 4.69) is 38.0 Å². The lowest BCUT2D eigenvalue weighted by Gasteiger charge is -2.29. The minimum atomic E-state index is -0.0914. The third-order valence-corrected chi connectivity index (χ3v) is 4.95. The van der Waals surface area contributed by atoms with Gasteiger partial charge < -0.3 is 5.32 Å². The Labute approximate surface area is 133 Å². The molecule has 0 radical (unpaired) electrons. The fraction of sp³-hybridized carbons (Fsp3) is 0.765. The van der Waals surface area contributed by atoms with Gasteiger partial charge in [-0.3, -0.25) is 0 Å². The molecule has 1 aliphatic carbocycles. The van der Waals surface area contributed by atoms with Crippen molar-refractivity contribution in [3.8, 4) is 0 Å². The molecule has 0 bridgehead atoms. The van der Waals surface area contributed by atoms with Crippen LogP contribution in [-0.4, -0.2) is 16.5 Å². The van der Waals surface area contributed by atoms with Crippen LogP contribution in [0.25, 0.3) is 0 Å². The Balaban J connectivity index is 2.13. The van der Waals surface area contributed by atoms with E-state index >= 15 is 0 Å². The number of nitrogens with one attached hydrogen (secondary N) is 1. The van der Waals surface area contributed by atoms with Crippen molar-refractivity contribution >= 4 is 17.4 Å². The van der Waals surface area contributed by atoms with Crippen LogP contribution in [0.2, 0.25) is 5.15 Å². The second-order valence-electron chi connectivity index (χ2n) is 7.46. The first kappa shape index (κ1) is 16.5. The Morgan fingerprint density at radius 3 is 2.48 bits per heavy atom. The maximum atomic E-state index is 6.28. The van der Waals surface area contributed by atoms with Crippen molar-refractivity contribution in [2.24, 2.45) is 11.8 Å². The molecule has 0 saturated heterocycles. The molecule has 2 atom stereocenters. The molecule has 118 valence electrons. The fourth-order valence-corrected chi connectivity index (χ4v) is 3.09. The summed E-state index contributed by atoms with van der Waals surface area (Å²) in [5.41, 5.74) is 0.861. The lowest BCUT2D eigenvalue weighted by Crippen LogP contribution is -2.26. The highest BCUT2D eigenvalue weighted by atomic mass is 35.5. The van der Waals surface area contributed by atoms with E-state index in [1.54, 1.807) is 0 Å². The molecule has 4 heteroatoms. The second-order valence-corrected chi connectivity index (χ2v) is 7.82. The van der Waals surface area contributed by atoms with Crippen LogP contribution in [0.1, 0.15) is 64.8 Å². The van der Waals surface area contributed by atoms with Gasteiger partial charge in [0, 0.05) is 17.5 Å². The summed E-state index contributed by atoms with van der Waals surface area (Å²) in [4.78, 5) is 9.14. The summed E-state index contributed by atoms with van der Waals surface area (Å²) in [7, 11) is 0. The fourth-order valence-electron chi connectivity index (χ4n) is 2.92. The zero-order valence-corrected chi connectivity index (χ0v) is 14.7. The highest BCUT2D eigenvalue weighted by Gasteiger charge is 2.23. The summed E-state index contributed by atoms with van der Waals surface area (Å²) in [6, 6.07) is 0. The van der Waals surface area contributed by atoms with Crippen molar-refractivity contribution in [3.05, 3.63) is 16.5 Å². The first-order valence-electron chi connectivity index (χ1n) is 8.07. The molecule has 1 aromatic heterocycles. The van der Waals surface area contributed by atoms with Crippen molar-refractivity contribution in [1.29, 1.82) is 0 Å². The highest BCUT2D eigenvalue weighted by Crippen LogP contribution is 2.31. The van der Waals surface area contributed by atoms with Gasteiger partial charge in [-0.05, 0) is 25.2 Å². The minimum absolute atomic E-state index is 0.0914. The summed E-state index contributed by atoms with van der Waals surface area (Å²) < 4.78 is 0. The van der Waals surface area contributed by atoms with Crippen LogP contribution in [0.3, 0.4) is 0 Å². The first-order chi connectivity index (χ1) is 9.79. The molecule has 0 aliphatic heterocycles. The number of rotatable bonds is 3. The van der Waals surface area contributed by atoms with Gasteiger partial charge >= 0.3 is 0 Å². The molecule has 3 nitrogen and oxygen atoms in total. The van der Waals surface area contributed by atoms with Crippen LogP contribution >= 0.6 is 11.6 Å². The molecule has 1 N–H and O–H groups in total. The molecule has 1 aromatic rings. The van der Waals surface area contributed by atoms with Crippen molar-refractivity contribution in [2.75, 3.05) is 11.9 Å². The van der Waals surface area contributed by atoms with Gasteiger partial charge in [-0.2, -0.15) is 0 Å². The lowest BCUT2D eigenvalue weighted by molar-refractivity contribution is 0.268. The topological polar surface area (TPSA) is 37.8 Å². The third-order valence-electron chi connectivity index (χ3n) is 4.58. The molecule has 1 fully saturated rings. The average molecular weight is 310 g/mol. The maximum Gasteiger partial charge on any atom is 0.137 e. The van der Waals surface area contributed by atoms with Gasteiger partial charge in [0.15, 0.2) is 0 Å². The van der Waals surface area contributed by atoms with Gasteiger partial charge in [-0.15, -0.1) is 0 Å². The average Bonchev–Trinajstić information content (AvgIpc) is 2.40. The van der Waals surface area contributed by atoms with Crippen molar-refractivity contribution in [2.45, 2.75) is 65.7 Å². The molecule has 2 unspecified atom stereocenters. The predicted octanol–water partition coefficient (Wildman–Crippen LogP) is 4.97. The SMILES string of the molecule is Cc1c(Cl)nc(C(C)(C)C)nc1NCC1CCCCC1C. The Kier molecular flexibility index (Phi) is 5.13. The number of nitrogens with zero attached hydrogens (tertiary/aromatic N) is 2. The number of aromatic nitrogens is 2. The molecule has 0 spiro atoms. The van der Waals surface area contributed by atoms with Crippen molar-refractivity contribution < 1.29 is 0 Å². The molecule has 1 aliphatic rings. The molecule has 1 heterocycles. The van der Waals surface area contributed by atoms with E-state index in [1.165, 1.54) is 25.7 Å². The Bertz CT molecular complexity index is 494. The van der Waals surface area contributed by atoms with E-state index in [0.717, 1.165) is 35.6 Å². The van der Waals surface area contributed by atoms with Gasteiger partial charge in [0.05, 0.1) is 0 Å². The van der Waals surface area contributed by atoms with Gasteiger partial charge in [0.1, 0.15) is 16.8 Å². The second kappa shape index (κ2) is 6.51. The van der Waals surface area contributed by atoms with Gasteiger partial charge in [-0.25, -0.2) is 9.97 Å². The first-order valence-corrected chi connectivity index (χ1v) is 8.45. The standard InChI is InChI=1S/C17H28ClN3/c1-11-8-6-7-9-13(11)10-19-15-12(2)14(18)20-16(21-15)17(3,4)5/h11,13H,6-10H2,1-5H3,(H,19,20,21). The predicted molar refractivity (Wildman–Crippen MR) is 90.1 cm³/mol. The molecule has 21 heavy (non-hydrogen) atoms. The zero-order chi connectivity index (χ0) is 15.6. The van der Waals surface area contributed by atoms with Gasteiger partial charge in [0.2, 0.25) is 0 Å². The Hall–Kier alpha value is -0.830. The van der Waals surface area contributed by atoms with Crippen molar-refractivity contribution in [1.82, 2.24) is 9.97 Å². The number of hydrogen-bond donors (Lipinski definition) is 1. The maximum absolute atomic E-state index is 6.28. The molecule has 1 saturated carbocycles. The minimum Gasteiger partial charge on any atom is -0.369 e. The summed E-state index contributed by atoms with van der Waals surface area (Å²) in [6.07, 6.45) is 5.40. The number of anilines is 1. The molecule has 0 amide bonds. The number of halogens is 1. The highest BCUT2D eigenvalue weighted by molar-refractivity contribution is 6.30. The Morgan fingerprint density at radius 1 is 1.19 bits per heavy atom. The van der Waals surface area contributed by atoms with Crippen molar-refractivity contribution in [3.63, 3.8) is 0 Å². The van der Waals surface area contributed by atoms with Gasteiger partial charge in [-0.1, -0.05) is 58.6 Å². The van der Waals surface area contributed by atoms with E-state index in [1.807, 2.05) is 6.92 Å². The summed E-state index contributed by atoms with van der Waals surface area (Å²) >= 11 is 6.28. The van der Waals surface area contributed by atoms with E-state index in [4.69, 9.17) is 16.6 Å². The molecular formula is C17H28ClN3. The third kappa shape index (κ3) is 4.09. The van der Waals surface area contributed by atoms with E-state index in [0.29, 0.717) is 5.15 Å². The smallest absolute Gasteiger partial charge is 0.137 e. The van der Waals surface area contributed by atoms with E-state index in [9.17, 15) is 0 Å². The summed E-state index contributed by atoms with van der Waals surface area (Å²) in [5, 5.41) is 4.09. The zero-order valence-electron chi connectivity index (χ0n) is 14.0.